The summed E-state index contributed by atoms with van der Waals surface area (Å²) >= 11 is 0. The number of fused-ring (bicyclic) bond motifs is 6. The van der Waals surface area contributed by atoms with Crippen LogP contribution in [0.3, 0.4) is 0 Å². The Morgan fingerprint density at radius 3 is 2.36 bits per heavy atom. The van der Waals surface area contributed by atoms with E-state index in [1.807, 2.05) is 0 Å². The van der Waals surface area contributed by atoms with Crippen molar-refractivity contribution < 1.29 is 78.1 Å². The van der Waals surface area contributed by atoms with Crippen LogP contribution in [0.1, 0.15) is 27.4 Å². The molecule has 6 N–H and O–H groups in total. The lowest BCUT2D eigenvalue weighted by Crippen LogP contribution is -2.60. The lowest BCUT2D eigenvalue weighted by atomic mass is 9.81. The molecule has 0 spiro atoms. The smallest absolute Gasteiger partial charge is 0.187 e. The number of hydrogen-bond acceptors (Lipinski definition) is 16. The number of ketones is 1. The number of carbonyl (C=O) groups excluding carboxylic acids is 1. The number of aliphatic hydroxyl groups excluding tert-OH is 6. The SMILES string of the molecule is C=C(CO[C@@H]1O[C@@H](CO[C@@H]2OC[C@H](O)[C@H](O)[C@H]2O)[C@@H](O)[C@H](O)[C@H]1O)[C@@H]1Cc2c(ccc3c2O[C@@H]2COc4cc(OC)c(OC)cc4[C@@H]2C3=O)O1. The van der Waals surface area contributed by atoms with Crippen LogP contribution in [0.2, 0.25) is 0 Å². The Hall–Kier alpha value is -3.55. The number of hydrogen-bond donors (Lipinski definition) is 6. The Bertz CT molecular complexity index is 1610. The molecule has 7 rings (SSSR count). The number of rotatable bonds is 9. The average Bonchev–Trinajstić information content (AvgIpc) is 3.57. The van der Waals surface area contributed by atoms with Crippen LogP contribution in [0.15, 0.2) is 36.4 Å². The fraction of sp³-hybridized carbons (Fsp3) is 0.559. The van der Waals surface area contributed by atoms with Crippen molar-refractivity contribution in [2.45, 2.75) is 79.9 Å². The van der Waals surface area contributed by atoms with Crippen LogP contribution in [0.25, 0.3) is 0 Å². The highest BCUT2D eigenvalue weighted by atomic mass is 16.7. The summed E-state index contributed by atoms with van der Waals surface area (Å²) in [5, 5.41) is 61.2. The maximum atomic E-state index is 13.9. The Labute approximate surface area is 286 Å². The minimum absolute atomic E-state index is 0.123. The molecule has 0 bridgehead atoms. The first-order valence-electron chi connectivity index (χ1n) is 16.2. The summed E-state index contributed by atoms with van der Waals surface area (Å²) in [6.07, 6.45) is -14.1. The highest BCUT2D eigenvalue weighted by Gasteiger charge is 2.48. The molecule has 2 fully saturated rings. The third kappa shape index (κ3) is 6.08. The molecule has 5 aliphatic rings. The minimum Gasteiger partial charge on any atom is -0.493 e. The van der Waals surface area contributed by atoms with Crippen molar-refractivity contribution in [3.63, 3.8) is 0 Å². The number of ether oxygens (including phenoxy) is 9. The van der Waals surface area contributed by atoms with Gasteiger partial charge in [-0.3, -0.25) is 4.79 Å². The van der Waals surface area contributed by atoms with Crippen molar-refractivity contribution in [3.8, 4) is 28.7 Å². The predicted molar refractivity (Wildman–Crippen MR) is 167 cm³/mol. The third-order valence-corrected chi connectivity index (χ3v) is 9.76. The molecule has 5 aliphatic heterocycles. The molecule has 0 radical (unpaired) electrons. The fourth-order valence-corrected chi connectivity index (χ4v) is 6.88. The Kier molecular flexibility index (Phi) is 9.68. The summed E-state index contributed by atoms with van der Waals surface area (Å²) in [5.74, 6) is 1.67. The zero-order chi connectivity index (χ0) is 35.4. The second-order valence-corrected chi connectivity index (χ2v) is 12.9. The molecule has 272 valence electrons. The van der Waals surface area contributed by atoms with E-state index in [9.17, 15) is 35.4 Å². The van der Waals surface area contributed by atoms with Gasteiger partial charge in [0.2, 0.25) is 0 Å². The van der Waals surface area contributed by atoms with E-state index < -0.39 is 80.0 Å². The standard InChI is InChI=1S/C34H40O16/c1-13(9-45-34-31(41)29(39)28(38)24(50-34)12-47-33-30(40)27(37)17(35)10-46-33)19-7-16-18(48-19)5-4-14-26(36)25-15-6-21(42-2)22(43-3)8-20(15)44-11-23(25)49-32(14)16/h4-6,8,17,19,23-25,27-31,33-35,37-41H,1,7,9-12H2,2-3H3/t17-,19-,23+,24-,25-,27-,28+,29-,30+,31+,33-,34+/m0/s1. The second-order valence-electron chi connectivity index (χ2n) is 12.9. The van der Waals surface area contributed by atoms with Gasteiger partial charge in [-0.2, -0.15) is 0 Å². The summed E-state index contributed by atoms with van der Waals surface area (Å²) in [6.45, 7) is 3.35. The van der Waals surface area contributed by atoms with Crippen molar-refractivity contribution >= 4 is 5.78 Å². The van der Waals surface area contributed by atoms with Gasteiger partial charge < -0.3 is 73.3 Å². The normalized spacial score (nSPS) is 35.7. The van der Waals surface area contributed by atoms with E-state index in [2.05, 4.69) is 6.58 Å². The summed E-state index contributed by atoms with van der Waals surface area (Å²) < 4.78 is 51.5. The van der Waals surface area contributed by atoms with E-state index in [1.54, 1.807) is 24.3 Å². The van der Waals surface area contributed by atoms with E-state index >= 15 is 0 Å². The molecule has 0 amide bonds. The van der Waals surface area contributed by atoms with Gasteiger partial charge in [-0.25, -0.2) is 0 Å². The van der Waals surface area contributed by atoms with Gasteiger partial charge in [0, 0.05) is 23.6 Å². The molecule has 2 aromatic carbocycles. The van der Waals surface area contributed by atoms with Gasteiger partial charge in [0.05, 0.1) is 45.5 Å². The number of methoxy groups -OCH3 is 2. The van der Waals surface area contributed by atoms with Gasteiger partial charge in [0.15, 0.2) is 29.9 Å². The molecule has 0 saturated carbocycles. The number of Topliss-reactive ketones (excluding diaryl/α,β-unsaturated/α-hetero) is 1. The van der Waals surface area contributed by atoms with E-state index in [0.717, 1.165) is 0 Å². The molecule has 16 nitrogen and oxygen atoms in total. The lowest BCUT2D eigenvalue weighted by molar-refractivity contribution is -0.319. The number of carbonyl (C=O) groups is 1. The molecule has 0 unspecified atom stereocenters. The number of benzene rings is 2. The molecule has 0 aromatic heterocycles. The van der Waals surface area contributed by atoms with E-state index in [0.29, 0.717) is 57.4 Å². The van der Waals surface area contributed by atoms with E-state index in [1.165, 1.54) is 14.2 Å². The molecule has 12 atom stereocenters. The van der Waals surface area contributed by atoms with Crippen LogP contribution in [0, 0.1) is 0 Å². The quantitative estimate of drug-likeness (QED) is 0.172. The number of aliphatic hydroxyl groups is 6. The summed E-state index contributed by atoms with van der Waals surface area (Å²) in [5.41, 5.74) is 2.20. The van der Waals surface area contributed by atoms with Gasteiger partial charge in [0.25, 0.3) is 0 Å². The monoisotopic (exact) mass is 704 g/mol. The second kappa shape index (κ2) is 13.9. The van der Waals surface area contributed by atoms with Crippen molar-refractivity contribution in [1.29, 1.82) is 0 Å². The first-order chi connectivity index (χ1) is 24.0. The predicted octanol–water partition coefficient (Wildman–Crippen LogP) is -1.04. The first kappa shape index (κ1) is 34.9. The van der Waals surface area contributed by atoms with E-state index in [4.69, 9.17) is 42.6 Å². The van der Waals surface area contributed by atoms with Gasteiger partial charge in [0.1, 0.15) is 78.8 Å². The van der Waals surface area contributed by atoms with Gasteiger partial charge in [-0.15, -0.1) is 0 Å². The highest BCUT2D eigenvalue weighted by molar-refractivity contribution is 6.06. The van der Waals surface area contributed by atoms with Crippen molar-refractivity contribution in [2.75, 3.05) is 40.6 Å². The summed E-state index contributed by atoms with van der Waals surface area (Å²) in [6, 6.07) is 6.82. The molecule has 5 heterocycles. The minimum atomic E-state index is -1.67. The van der Waals surface area contributed by atoms with Crippen LogP contribution >= 0.6 is 0 Å². The third-order valence-electron chi connectivity index (χ3n) is 9.76. The Balaban J connectivity index is 0.993. The molecule has 50 heavy (non-hydrogen) atoms. The summed E-state index contributed by atoms with van der Waals surface area (Å²) in [4.78, 5) is 13.9. The molecule has 0 aliphatic carbocycles. The zero-order valence-electron chi connectivity index (χ0n) is 27.2. The lowest BCUT2D eigenvalue weighted by Gasteiger charge is -2.41. The maximum Gasteiger partial charge on any atom is 0.187 e. The zero-order valence-corrected chi connectivity index (χ0v) is 27.2. The van der Waals surface area contributed by atoms with Crippen LogP contribution in [0.5, 0.6) is 28.7 Å². The Morgan fingerprint density at radius 1 is 0.860 bits per heavy atom. The van der Waals surface area contributed by atoms with Crippen molar-refractivity contribution in [1.82, 2.24) is 0 Å². The largest absolute Gasteiger partial charge is 0.493 e. The highest BCUT2D eigenvalue weighted by Crippen LogP contribution is 2.50. The fourth-order valence-electron chi connectivity index (χ4n) is 6.88. The summed E-state index contributed by atoms with van der Waals surface area (Å²) in [7, 11) is 3.04. The van der Waals surface area contributed by atoms with Gasteiger partial charge in [-0.05, 0) is 23.8 Å². The molecule has 2 aromatic rings. The topological polar surface area (TPSA) is 222 Å². The van der Waals surface area contributed by atoms with Gasteiger partial charge >= 0.3 is 0 Å². The van der Waals surface area contributed by atoms with E-state index in [-0.39, 0.29) is 25.6 Å². The molecule has 16 heteroatoms. The van der Waals surface area contributed by atoms with Crippen molar-refractivity contribution in [3.05, 3.63) is 53.1 Å². The first-order valence-corrected chi connectivity index (χ1v) is 16.2. The Morgan fingerprint density at radius 2 is 1.60 bits per heavy atom. The molecular formula is C34H40O16. The van der Waals surface area contributed by atoms with Crippen LogP contribution in [0.4, 0.5) is 0 Å². The van der Waals surface area contributed by atoms with Gasteiger partial charge in [-0.1, -0.05) is 6.58 Å². The van der Waals surface area contributed by atoms with Crippen molar-refractivity contribution in [2.24, 2.45) is 0 Å². The maximum absolute atomic E-state index is 13.9. The average molecular weight is 705 g/mol. The van der Waals surface area contributed by atoms with Crippen LogP contribution < -0.4 is 23.7 Å². The van der Waals surface area contributed by atoms with Crippen LogP contribution in [-0.2, 0) is 25.4 Å². The molecule has 2 saturated heterocycles. The molecular weight excluding hydrogens is 664 g/mol. The van der Waals surface area contributed by atoms with Crippen LogP contribution in [-0.4, -0.2) is 145 Å².